The van der Waals surface area contributed by atoms with Crippen molar-refractivity contribution in [3.05, 3.63) is 17.5 Å². The first-order valence-corrected chi connectivity index (χ1v) is 11.0. The Balaban J connectivity index is 1.25. The molecule has 3 saturated heterocycles. The highest BCUT2D eigenvalue weighted by Crippen LogP contribution is 2.26. The van der Waals surface area contributed by atoms with Gasteiger partial charge in [-0.3, -0.25) is 19.7 Å². The van der Waals surface area contributed by atoms with Gasteiger partial charge in [0, 0.05) is 51.0 Å². The summed E-state index contributed by atoms with van der Waals surface area (Å²) in [5, 5.41) is 7.53. The van der Waals surface area contributed by atoms with Gasteiger partial charge in [0.25, 0.3) is 0 Å². The maximum Gasteiger partial charge on any atom is 0.226 e. The van der Waals surface area contributed by atoms with E-state index in [0.29, 0.717) is 11.9 Å². The summed E-state index contributed by atoms with van der Waals surface area (Å²) in [5.41, 5.74) is 2.39. The van der Waals surface area contributed by atoms with Crippen molar-refractivity contribution in [1.29, 1.82) is 0 Å². The molecule has 1 aromatic rings. The highest BCUT2D eigenvalue weighted by Gasteiger charge is 2.34. The maximum atomic E-state index is 12.8. The van der Waals surface area contributed by atoms with Crippen molar-refractivity contribution >= 4 is 5.91 Å². The van der Waals surface area contributed by atoms with Gasteiger partial charge in [-0.05, 0) is 57.6 Å². The number of nitrogens with one attached hydrogen (secondary N) is 1. The van der Waals surface area contributed by atoms with Crippen LogP contribution in [-0.4, -0.2) is 76.1 Å². The number of nitrogens with zero attached hydrogens (tertiary/aromatic N) is 4. The van der Waals surface area contributed by atoms with Crippen molar-refractivity contribution in [3.63, 3.8) is 0 Å². The molecule has 0 aliphatic carbocycles. The van der Waals surface area contributed by atoms with Crippen molar-refractivity contribution in [1.82, 2.24) is 24.9 Å². The number of carbonyl (C=O) groups is 1. The molecular weight excluding hydrogens is 338 g/mol. The molecule has 1 N–H and O–H groups in total. The molecule has 1 amide bonds. The van der Waals surface area contributed by atoms with E-state index in [2.05, 4.69) is 37.9 Å². The fraction of sp³-hybridized carbons (Fsp3) is 0.810. The molecule has 3 aliphatic rings. The third-order valence-corrected chi connectivity index (χ3v) is 6.73. The van der Waals surface area contributed by atoms with E-state index in [0.717, 1.165) is 57.8 Å². The van der Waals surface area contributed by atoms with Crippen LogP contribution in [0.5, 0.6) is 0 Å². The van der Waals surface area contributed by atoms with Gasteiger partial charge in [0.15, 0.2) is 0 Å². The van der Waals surface area contributed by atoms with E-state index in [1.165, 1.54) is 44.3 Å². The Morgan fingerprint density at radius 3 is 2.59 bits per heavy atom. The maximum absolute atomic E-state index is 12.8. The number of aromatic nitrogens is 2. The Morgan fingerprint density at radius 1 is 1.11 bits per heavy atom. The Labute approximate surface area is 163 Å². The molecular formula is C21H35N5O. The quantitative estimate of drug-likeness (QED) is 0.860. The Hall–Kier alpha value is -1.40. The van der Waals surface area contributed by atoms with E-state index in [1.807, 2.05) is 0 Å². The monoisotopic (exact) mass is 373 g/mol. The van der Waals surface area contributed by atoms with Crippen molar-refractivity contribution in [2.45, 2.75) is 64.5 Å². The zero-order chi connectivity index (χ0) is 18.6. The summed E-state index contributed by atoms with van der Waals surface area (Å²) in [5.74, 6) is 0.674. The molecule has 1 aromatic heterocycles. The lowest BCUT2D eigenvalue weighted by molar-refractivity contribution is -0.136. The number of hydrogen-bond donors (Lipinski definition) is 1. The fourth-order valence-electron chi connectivity index (χ4n) is 5.09. The van der Waals surface area contributed by atoms with Gasteiger partial charge in [0.1, 0.15) is 0 Å². The van der Waals surface area contributed by atoms with Crippen LogP contribution in [0.25, 0.3) is 0 Å². The average molecular weight is 374 g/mol. The first-order valence-electron chi connectivity index (χ1n) is 11.0. The molecule has 0 aromatic carbocycles. The summed E-state index contributed by atoms with van der Waals surface area (Å²) in [4.78, 5) is 20.1. The topological polar surface area (TPSA) is 55.5 Å². The third-order valence-electron chi connectivity index (χ3n) is 6.73. The lowest BCUT2D eigenvalue weighted by atomic mass is 9.93. The summed E-state index contributed by atoms with van der Waals surface area (Å²) in [6, 6.07) is 2.86. The molecule has 150 valence electrons. The first kappa shape index (κ1) is 18.9. The Bertz CT molecular complexity index is 616. The number of amides is 1. The molecule has 0 spiro atoms. The number of rotatable bonds is 5. The number of aromatic amines is 1. The van der Waals surface area contributed by atoms with Gasteiger partial charge in [-0.1, -0.05) is 6.92 Å². The molecule has 0 radical (unpaired) electrons. The van der Waals surface area contributed by atoms with Gasteiger partial charge < -0.3 is 4.90 Å². The molecule has 0 saturated carbocycles. The molecule has 0 bridgehead atoms. The highest BCUT2D eigenvalue weighted by atomic mass is 16.2. The lowest BCUT2D eigenvalue weighted by Crippen LogP contribution is -2.51. The van der Waals surface area contributed by atoms with E-state index in [9.17, 15) is 4.79 Å². The van der Waals surface area contributed by atoms with Crippen LogP contribution in [0.1, 0.15) is 56.8 Å². The summed E-state index contributed by atoms with van der Waals surface area (Å²) in [6.45, 7) is 9.55. The van der Waals surface area contributed by atoms with Crippen molar-refractivity contribution < 1.29 is 4.79 Å². The molecule has 3 fully saturated rings. The molecule has 6 heteroatoms. The predicted octanol–water partition coefficient (Wildman–Crippen LogP) is 2.27. The summed E-state index contributed by atoms with van der Waals surface area (Å²) in [6.07, 6.45) is 8.08. The summed E-state index contributed by atoms with van der Waals surface area (Å²) >= 11 is 0. The number of H-pyrrole nitrogens is 1. The van der Waals surface area contributed by atoms with Crippen molar-refractivity contribution in [2.24, 2.45) is 5.92 Å². The molecule has 1 atom stereocenters. The van der Waals surface area contributed by atoms with Crippen LogP contribution in [-0.2, 0) is 17.8 Å². The molecule has 6 nitrogen and oxygen atoms in total. The van der Waals surface area contributed by atoms with E-state index in [1.54, 1.807) is 0 Å². The number of aryl methyl sites for hydroxylation is 1. The molecule has 4 heterocycles. The third kappa shape index (κ3) is 4.54. The van der Waals surface area contributed by atoms with Gasteiger partial charge >= 0.3 is 0 Å². The fourth-order valence-corrected chi connectivity index (χ4v) is 5.09. The molecule has 1 unspecified atom stereocenters. The number of likely N-dealkylation sites (tertiary alicyclic amines) is 3. The van der Waals surface area contributed by atoms with Gasteiger partial charge in [-0.15, -0.1) is 0 Å². The Morgan fingerprint density at radius 2 is 1.89 bits per heavy atom. The first-order chi connectivity index (χ1) is 13.2. The zero-order valence-corrected chi connectivity index (χ0v) is 16.8. The number of carbonyl (C=O) groups excluding carboxylic acids is 1. The predicted molar refractivity (Wildman–Crippen MR) is 106 cm³/mol. The molecule has 3 aliphatic heterocycles. The van der Waals surface area contributed by atoms with E-state index < -0.39 is 0 Å². The van der Waals surface area contributed by atoms with Gasteiger partial charge in [-0.25, -0.2) is 0 Å². The molecule has 4 rings (SSSR count). The second-order valence-corrected chi connectivity index (χ2v) is 8.61. The minimum absolute atomic E-state index is 0.243. The van der Waals surface area contributed by atoms with Crippen LogP contribution >= 0.6 is 0 Å². The molecule has 27 heavy (non-hydrogen) atoms. The van der Waals surface area contributed by atoms with E-state index >= 15 is 0 Å². The van der Waals surface area contributed by atoms with Crippen LogP contribution in [0.15, 0.2) is 6.07 Å². The van der Waals surface area contributed by atoms with E-state index in [-0.39, 0.29) is 5.92 Å². The SMILES string of the molecule is CCc1cc(CN2CCC(N3CCCC(C(=O)N4CCCC4)C3)CC2)[nH]n1. The number of piperidine rings is 2. The van der Waals surface area contributed by atoms with Crippen LogP contribution < -0.4 is 0 Å². The van der Waals surface area contributed by atoms with Crippen LogP contribution in [0.3, 0.4) is 0 Å². The summed E-state index contributed by atoms with van der Waals surface area (Å²) in [7, 11) is 0. The van der Waals surface area contributed by atoms with Crippen LogP contribution in [0.4, 0.5) is 0 Å². The zero-order valence-electron chi connectivity index (χ0n) is 16.8. The van der Waals surface area contributed by atoms with Crippen molar-refractivity contribution in [2.75, 3.05) is 39.3 Å². The van der Waals surface area contributed by atoms with Crippen molar-refractivity contribution in [3.8, 4) is 0 Å². The Kier molecular flexibility index (Phi) is 6.13. The highest BCUT2D eigenvalue weighted by molar-refractivity contribution is 5.79. The average Bonchev–Trinajstić information content (AvgIpc) is 3.40. The lowest BCUT2D eigenvalue weighted by Gasteiger charge is -2.42. The van der Waals surface area contributed by atoms with Gasteiger partial charge in [-0.2, -0.15) is 5.10 Å². The van der Waals surface area contributed by atoms with Gasteiger partial charge in [0.2, 0.25) is 5.91 Å². The minimum atomic E-state index is 0.243. The largest absolute Gasteiger partial charge is 0.342 e. The standard InChI is InChI=1S/C21H35N5O/c1-2-18-14-19(23-22-18)16-24-12-7-20(8-13-24)26-11-5-6-17(15-26)21(27)25-9-3-4-10-25/h14,17,20H,2-13,15-16H2,1H3,(H,22,23). The minimum Gasteiger partial charge on any atom is -0.342 e. The summed E-state index contributed by atoms with van der Waals surface area (Å²) < 4.78 is 0. The smallest absolute Gasteiger partial charge is 0.226 e. The second kappa shape index (κ2) is 8.74. The van der Waals surface area contributed by atoms with Crippen LogP contribution in [0, 0.1) is 5.92 Å². The van der Waals surface area contributed by atoms with E-state index in [4.69, 9.17) is 0 Å². The van der Waals surface area contributed by atoms with Gasteiger partial charge in [0.05, 0.1) is 11.6 Å². The normalized spacial score (nSPS) is 26.0. The number of hydrogen-bond acceptors (Lipinski definition) is 4. The second-order valence-electron chi connectivity index (χ2n) is 8.61. The van der Waals surface area contributed by atoms with Crippen LogP contribution in [0.2, 0.25) is 0 Å².